The first-order valence-corrected chi connectivity index (χ1v) is 8.28. The van der Waals surface area contributed by atoms with E-state index in [2.05, 4.69) is 10.1 Å². The number of anilines is 1. The van der Waals surface area contributed by atoms with Crippen LogP contribution in [0, 0.1) is 5.82 Å². The summed E-state index contributed by atoms with van der Waals surface area (Å²) in [7, 11) is 0. The molecule has 0 aliphatic carbocycles. The minimum atomic E-state index is -1.15. The second-order valence-corrected chi connectivity index (χ2v) is 6.17. The van der Waals surface area contributed by atoms with Crippen LogP contribution in [0.25, 0.3) is 11.1 Å². The Balaban J connectivity index is 1.72. The first-order chi connectivity index (χ1) is 12.5. The maximum absolute atomic E-state index is 14.7. The molecular formula is C18H15ClF2N2O3. The number of alkyl halides is 1. The van der Waals surface area contributed by atoms with Crippen molar-refractivity contribution in [1.82, 2.24) is 4.90 Å². The van der Waals surface area contributed by atoms with E-state index >= 15 is 0 Å². The summed E-state index contributed by atoms with van der Waals surface area (Å²) < 4.78 is 32.4. The van der Waals surface area contributed by atoms with Crippen LogP contribution in [0.2, 0.25) is 5.02 Å². The number of nitrogens with one attached hydrogen (secondary N) is 1. The molecule has 8 heteroatoms. The van der Waals surface area contributed by atoms with E-state index in [1.165, 1.54) is 18.2 Å². The van der Waals surface area contributed by atoms with E-state index in [1.54, 1.807) is 24.3 Å². The first-order valence-electron chi connectivity index (χ1n) is 7.91. The Kier molecular flexibility index (Phi) is 5.37. The van der Waals surface area contributed by atoms with Gasteiger partial charge in [0.05, 0.1) is 12.2 Å². The van der Waals surface area contributed by atoms with Crippen LogP contribution in [-0.4, -0.2) is 36.3 Å². The number of carbonyl (C=O) groups is 2. The third kappa shape index (κ3) is 3.94. The van der Waals surface area contributed by atoms with Gasteiger partial charge in [0.15, 0.2) is 5.82 Å². The number of hydrogen-bond acceptors (Lipinski definition) is 3. The number of carbonyl (C=O) groups excluding carboxylic acids is 2. The molecule has 1 N–H and O–H groups in total. The number of halogens is 3. The van der Waals surface area contributed by atoms with Crippen molar-refractivity contribution in [2.45, 2.75) is 12.6 Å². The van der Waals surface area contributed by atoms with Crippen LogP contribution in [0.3, 0.4) is 0 Å². The highest BCUT2D eigenvalue weighted by atomic mass is 35.5. The second-order valence-electron chi connectivity index (χ2n) is 5.76. The fourth-order valence-electron chi connectivity index (χ4n) is 2.68. The largest absolute Gasteiger partial charge is 0.420 e. The van der Waals surface area contributed by atoms with Gasteiger partial charge in [-0.15, -0.1) is 0 Å². The van der Waals surface area contributed by atoms with Crippen molar-refractivity contribution in [3.05, 3.63) is 53.3 Å². The molecule has 0 aromatic heterocycles. The SMILES string of the molecule is O=C(Nc1cccc(-c2ccccc2Cl)c1F)OC(=O)N1CCC(F)C1. The average Bonchev–Trinajstić information content (AvgIpc) is 3.04. The molecule has 1 aliphatic rings. The lowest BCUT2D eigenvalue weighted by Crippen LogP contribution is -2.32. The molecule has 26 heavy (non-hydrogen) atoms. The lowest BCUT2D eigenvalue weighted by molar-refractivity contribution is 0.129. The Labute approximate surface area is 153 Å². The van der Waals surface area contributed by atoms with Crippen molar-refractivity contribution in [1.29, 1.82) is 0 Å². The number of likely N-dealkylation sites (tertiary alicyclic amines) is 1. The quantitative estimate of drug-likeness (QED) is 0.757. The molecule has 1 aliphatic heterocycles. The zero-order chi connectivity index (χ0) is 18.7. The summed E-state index contributed by atoms with van der Waals surface area (Å²) >= 11 is 6.08. The van der Waals surface area contributed by atoms with Crippen molar-refractivity contribution >= 4 is 29.5 Å². The summed E-state index contributed by atoms with van der Waals surface area (Å²) in [4.78, 5) is 24.7. The number of hydrogen-bond donors (Lipinski definition) is 1. The number of rotatable bonds is 2. The van der Waals surface area contributed by atoms with Crippen molar-refractivity contribution in [2.24, 2.45) is 0 Å². The van der Waals surface area contributed by atoms with E-state index in [4.69, 9.17) is 11.6 Å². The van der Waals surface area contributed by atoms with E-state index in [-0.39, 0.29) is 30.8 Å². The molecule has 5 nitrogen and oxygen atoms in total. The van der Waals surface area contributed by atoms with Gasteiger partial charge < -0.3 is 9.64 Å². The Bertz CT molecular complexity index is 847. The van der Waals surface area contributed by atoms with Crippen LogP contribution in [0.5, 0.6) is 0 Å². The number of benzene rings is 2. The molecule has 1 fully saturated rings. The summed E-state index contributed by atoms with van der Waals surface area (Å²) in [6.45, 7) is 0.0477. The van der Waals surface area contributed by atoms with Crippen molar-refractivity contribution < 1.29 is 23.1 Å². The lowest BCUT2D eigenvalue weighted by Gasteiger charge is -2.15. The van der Waals surface area contributed by atoms with Crippen LogP contribution in [0.4, 0.5) is 24.1 Å². The molecule has 2 aromatic rings. The number of nitrogens with zero attached hydrogens (tertiary/aromatic N) is 1. The van der Waals surface area contributed by atoms with E-state index in [0.717, 1.165) is 4.90 Å². The molecule has 1 unspecified atom stereocenters. The molecule has 0 spiro atoms. The van der Waals surface area contributed by atoms with Crippen LogP contribution in [0.15, 0.2) is 42.5 Å². The zero-order valence-electron chi connectivity index (χ0n) is 13.5. The highest BCUT2D eigenvalue weighted by Gasteiger charge is 2.28. The highest BCUT2D eigenvalue weighted by Crippen LogP contribution is 2.32. The van der Waals surface area contributed by atoms with E-state index in [9.17, 15) is 18.4 Å². The van der Waals surface area contributed by atoms with Gasteiger partial charge in [-0.25, -0.2) is 18.4 Å². The summed E-state index contributed by atoms with van der Waals surface area (Å²) in [5, 5.41) is 2.54. The van der Waals surface area contributed by atoms with Crippen molar-refractivity contribution in [3.8, 4) is 11.1 Å². The molecular weight excluding hydrogens is 366 g/mol. The van der Waals surface area contributed by atoms with E-state index < -0.39 is 24.2 Å². The summed E-state index contributed by atoms with van der Waals surface area (Å²) in [5.41, 5.74) is 0.496. The molecule has 1 heterocycles. The molecule has 2 amide bonds. The van der Waals surface area contributed by atoms with Crippen molar-refractivity contribution in [3.63, 3.8) is 0 Å². The summed E-state index contributed by atoms with van der Waals surface area (Å²) in [6.07, 6.45) is -3.04. The van der Waals surface area contributed by atoms with Gasteiger partial charge in [-0.2, -0.15) is 0 Å². The Morgan fingerprint density at radius 2 is 1.88 bits per heavy atom. The minimum Gasteiger partial charge on any atom is -0.359 e. The monoisotopic (exact) mass is 380 g/mol. The van der Waals surface area contributed by atoms with Crippen LogP contribution in [-0.2, 0) is 4.74 Å². The lowest BCUT2D eigenvalue weighted by atomic mass is 10.0. The Hall–Kier alpha value is -2.67. The first kappa shape index (κ1) is 18.1. The van der Waals surface area contributed by atoms with Gasteiger partial charge in [-0.05, 0) is 18.6 Å². The van der Waals surface area contributed by atoms with Crippen LogP contribution < -0.4 is 5.32 Å². The molecule has 1 atom stereocenters. The number of ether oxygens (including phenoxy) is 1. The predicted octanol–water partition coefficient (Wildman–Crippen LogP) is 4.86. The molecule has 0 radical (unpaired) electrons. The molecule has 136 valence electrons. The highest BCUT2D eigenvalue weighted by molar-refractivity contribution is 6.33. The second kappa shape index (κ2) is 7.70. The molecule has 2 aromatic carbocycles. The Morgan fingerprint density at radius 3 is 2.58 bits per heavy atom. The minimum absolute atomic E-state index is 0.123. The standard InChI is InChI=1S/C18H15ClF2N2O3/c19-14-6-2-1-4-12(14)13-5-3-7-15(16(13)21)22-17(24)26-18(25)23-9-8-11(20)10-23/h1-7,11H,8-10H2,(H,22,24). The normalized spacial score (nSPS) is 16.4. The fourth-order valence-corrected chi connectivity index (χ4v) is 2.92. The van der Waals surface area contributed by atoms with Gasteiger partial charge in [0.25, 0.3) is 0 Å². The van der Waals surface area contributed by atoms with Gasteiger partial charge >= 0.3 is 12.2 Å². The van der Waals surface area contributed by atoms with E-state index in [1.807, 2.05) is 0 Å². The van der Waals surface area contributed by atoms with Gasteiger partial charge in [0.1, 0.15) is 6.17 Å². The van der Waals surface area contributed by atoms with Gasteiger partial charge in [-0.3, -0.25) is 5.32 Å². The van der Waals surface area contributed by atoms with Crippen LogP contribution in [0.1, 0.15) is 6.42 Å². The molecule has 1 saturated heterocycles. The van der Waals surface area contributed by atoms with Crippen molar-refractivity contribution in [2.75, 3.05) is 18.4 Å². The maximum atomic E-state index is 14.7. The third-order valence-corrected chi connectivity index (χ3v) is 4.30. The van der Waals surface area contributed by atoms with Gasteiger partial charge in [0.2, 0.25) is 0 Å². The molecule has 0 bridgehead atoms. The Morgan fingerprint density at radius 1 is 1.15 bits per heavy atom. The van der Waals surface area contributed by atoms with Gasteiger partial charge in [0, 0.05) is 22.7 Å². The number of amides is 2. The summed E-state index contributed by atoms with van der Waals surface area (Å²) in [5.74, 6) is -0.713. The predicted molar refractivity (Wildman–Crippen MR) is 93.4 cm³/mol. The smallest absolute Gasteiger partial charge is 0.359 e. The van der Waals surface area contributed by atoms with E-state index in [0.29, 0.717) is 10.6 Å². The maximum Gasteiger partial charge on any atom is 0.420 e. The van der Waals surface area contributed by atoms with Crippen LogP contribution >= 0.6 is 11.6 Å². The third-order valence-electron chi connectivity index (χ3n) is 3.97. The topological polar surface area (TPSA) is 58.6 Å². The summed E-state index contributed by atoms with van der Waals surface area (Å²) in [6, 6.07) is 11.1. The molecule has 3 rings (SSSR count). The molecule has 0 saturated carbocycles. The average molecular weight is 381 g/mol. The van der Waals surface area contributed by atoms with Gasteiger partial charge in [-0.1, -0.05) is 41.9 Å². The fraction of sp³-hybridized carbons (Fsp3) is 0.222. The zero-order valence-corrected chi connectivity index (χ0v) is 14.3.